The lowest BCUT2D eigenvalue weighted by Gasteiger charge is -2.08. The fourth-order valence-corrected chi connectivity index (χ4v) is 1.26. The summed E-state index contributed by atoms with van der Waals surface area (Å²) in [5.41, 5.74) is -0.624. The first-order chi connectivity index (χ1) is 10.2. The fraction of sp³-hybridized carbons (Fsp3) is 0. The second-order valence-electron chi connectivity index (χ2n) is 3.78. The van der Waals surface area contributed by atoms with Crippen LogP contribution in [-0.4, -0.2) is 34.1 Å². The van der Waals surface area contributed by atoms with Gasteiger partial charge >= 0.3 is 23.9 Å². The topological polar surface area (TPSA) is 127 Å². The highest BCUT2D eigenvalue weighted by atomic mass is 16.6. The molecule has 0 saturated carbocycles. The van der Waals surface area contributed by atoms with E-state index in [0.29, 0.717) is 0 Å². The molecule has 114 valence electrons. The van der Waals surface area contributed by atoms with E-state index in [1.807, 2.05) is 0 Å². The molecule has 0 heterocycles. The molecule has 0 radical (unpaired) electrons. The molecule has 1 aromatic rings. The number of esters is 2. The maximum Gasteiger partial charge on any atom is 0.371 e. The highest BCUT2D eigenvalue weighted by Gasteiger charge is 2.23. The van der Waals surface area contributed by atoms with E-state index in [0.717, 1.165) is 0 Å². The summed E-state index contributed by atoms with van der Waals surface area (Å²) < 4.78 is 8.92. The van der Waals surface area contributed by atoms with Gasteiger partial charge in [-0.1, -0.05) is 12.1 Å². The molecule has 1 aromatic carbocycles. The summed E-state index contributed by atoms with van der Waals surface area (Å²) in [5.74, 6) is -7.06. The molecule has 0 aliphatic carbocycles. The second-order valence-corrected chi connectivity index (χ2v) is 3.78. The minimum atomic E-state index is -1.55. The Bertz CT molecular complexity index is 627. The van der Waals surface area contributed by atoms with Gasteiger partial charge in [-0.05, 0) is 25.3 Å². The van der Waals surface area contributed by atoms with Gasteiger partial charge in [-0.2, -0.15) is 0 Å². The molecule has 0 bridgehead atoms. The van der Waals surface area contributed by atoms with E-state index in [9.17, 15) is 19.2 Å². The summed E-state index contributed by atoms with van der Waals surface area (Å²) in [6, 6.07) is 5.14. The van der Waals surface area contributed by atoms with Gasteiger partial charge in [0, 0.05) is 0 Å². The normalized spacial score (nSPS) is 9.45. The Kier molecular flexibility index (Phi) is 5.17. The highest BCUT2D eigenvalue weighted by Crippen LogP contribution is 2.15. The van der Waals surface area contributed by atoms with Crippen molar-refractivity contribution in [2.45, 2.75) is 0 Å². The van der Waals surface area contributed by atoms with E-state index in [-0.39, 0.29) is 11.1 Å². The molecule has 2 N–H and O–H groups in total. The Labute approximate surface area is 123 Å². The van der Waals surface area contributed by atoms with Crippen LogP contribution in [0.4, 0.5) is 0 Å². The van der Waals surface area contributed by atoms with Gasteiger partial charge in [0.1, 0.15) is 0 Å². The van der Waals surface area contributed by atoms with Crippen LogP contribution in [-0.2, 0) is 19.1 Å². The average Bonchev–Trinajstić information content (AvgIpc) is 2.46. The summed E-state index contributed by atoms with van der Waals surface area (Å²) in [5, 5.41) is 17.2. The molecule has 22 heavy (non-hydrogen) atoms. The maximum absolute atomic E-state index is 11.8. The van der Waals surface area contributed by atoms with Crippen LogP contribution in [0.3, 0.4) is 0 Å². The van der Waals surface area contributed by atoms with Crippen LogP contribution in [0.5, 0.6) is 0 Å². The Balaban J connectivity index is 3.04. The number of carboxylic acid groups (broad SMARTS) is 2. The van der Waals surface area contributed by atoms with Crippen molar-refractivity contribution in [2.75, 3.05) is 0 Å². The van der Waals surface area contributed by atoms with Gasteiger partial charge in [-0.3, -0.25) is 0 Å². The van der Waals surface area contributed by atoms with Crippen molar-refractivity contribution in [3.05, 3.63) is 60.1 Å². The Hall–Kier alpha value is -3.42. The van der Waals surface area contributed by atoms with E-state index >= 15 is 0 Å². The maximum atomic E-state index is 11.8. The van der Waals surface area contributed by atoms with Crippen LogP contribution in [0.1, 0.15) is 20.7 Å². The van der Waals surface area contributed by atoms with Crippen LogP contribution >= 0.6 is 0 Å². The summed E-state index contributed by atoms with van der Waals surface area (Å²) in [6.45, 7) is 6.03. The van der Waals surface area contributed by atoms with Crippen LogP contribution in [0.25, 0.3) is 0 Å². The fourth-order valence-electron chi connectivity index (χ4n) is 1.26. The van der Waals surface area contributed by atoms with Gasteiger partial charge in [-0.15, -0.1) is 0 Å². The number of ether oxygens (including phenoxy) is 2. The monoisotopic (exact) mass is 306 g/mol. The molecule has 8 heteroatoms. The number of hydrogen-bond acceptors (Lipinski definition) is 6. The molecule has 8 nitrogen and oxygen atoms in total. The van der Waals surface area contributed by atoms with E-state index in [4.69, 9.17) is 10.2 Å². The molecular formula is C14H10O8. The SMILES string of the molecule is C=C(OC(=O)c1ccccc1C(=O)OC(=C)C(=O)O)C(=O)O. The van der Waals surface area contributed by atoms with E-state index in [1.54, 1.807) is 0 Å². The second kappa shape index (κ2) is 6.84. The Morgan fingerprint density at radius 1 is 0.773 bits per heavy atom. The van der Waals surface area contributed by atoms with Crippen molar-refractivity contribution in [1.29, 1.82) is 0 Å². The Morgan fingerprint density at radius 2 is 1.09 bits per heavy atom. The van der Waals surface area contributed by atoms with Gasteiger partial charge in [0.15, 0.2) is 0 Å². The molecule has 0 aliphatic heterocycles. The number of rotatable bonds is 6. The summed E-state index contributed by atoms with van der Waals surface area (Å²) in [6.07, 6.45) is 0. The number of carboxylic acids is 2. The lowest BCUT2D eigenvalue weighted by molar-refractivity contribution is -0.136. The molecule has 1 rings (SSSR count). The standard InChI is InChI=1S/C14H10O8/c1-7(11(15)16)21-13(19)9-5-3-4-6-10(9)14(20)22-8(2)12(17)18/h3-6H,1-2H2,(H,15,16)(H,17,18). The predicted octanol–water partition coefficient (Wildman–Crippen LogP) is 1.20. The number of hydrogen-bond donors (Lipinski definition) is 2. The third-order valence-electron chi connectivity index (χ3n) is 2.28. The van der Waals surface area contributed by atoms with Crippen molar-refractivity contribution in [2.24, 2.45) is 0 Å². The van der Waals surface area contributed by atoms with Gasteiger partial charge in [-0.25, -0.2) is 19.2 Å². The molecule has 0 atom stereocenters. The minimum Gasteiger partial charge on any atom is -0.475 e. The highest BCUT2D eigenvalue weighted by molar-refractivity contribution is 6.05. The number of aliphatic carboxylic acids is 2. The largest absolute Gasteiger partial charge is 0.475 e. The first kappa shape index (κ1) is 16.6. The zero-order valence-electron chi connectivity index (χ0n) is 11.1. The third kappa shape index (κ3) is 4.04. The van der Waals surface area contributed by atoms with E-state index < -0.39 is 35.4 Å². The zero-order chi connectivity index (χ0) is 16.9. The van der Waals surface area contributed by atoms with Gasteiger partial charge in [0.25, 0.3) is 0 Å². The number of carbonyl (C=O) groups is 4. The lowest BCUT2D eigenvalue weighted by atomic mass is 10.1. The smallest absolute Gasteiger partial charge is 0.371 e. The van der Waals surface area contributed by atoms with Crippen molar-refractivity contribution in [1.82, 2.24) is 0 Å². The molecule has 0 spiro atoms. The molecular weight excluding hydrogens is 296 g/mol. The first-order valence-electron chi connectivity index (χ1n) is 5.61. The zero-order valence-corrected chi connectivity index (χ0v) is 11.1. The van der Waals surface area contributed by atoms with Gasteiger partial charge < -0.3 is 19.7 Å². The van der Waals surface area contributed by atoms with Crippen molar-refractivity contribution < 1.29 is 38.9 Å². The van der Waals surface area contributed by atoms with Crippen LogP contribution in [0, 0.1) is 0 Å². The molecule has 0 fully saturated rings. The predicted molar refractivity (Wildman–Crippen MR) is 70.8 cm³/mol. The lowest BCUT2D eigenvalue weighted by Crippen LogP contribution is -2.17. The first-order valence-corrected chi connectivity index (χ1v) is 5.61. The summed E-state index contributed by atoms with van der Waals surface area (Å²) in [7, 11) is 0. The summed E-state index contributed by atoms with van der Waals surface area (Å²) >= 11 is 0. The molecule has 0 unspecified atom stereocenters. The van der Waals surface area contributed by atoms with E-state index in [1.165, 1.54) is 24.3 Å². The summed E-state index contributed by atoms with van der Waals surface area (Å²) in [4.78, 5) is 44.7. The molecule has 0 amide bonds. The average molecular weight is 306 g/mol. The molecule has 0 saturated heterocycles. The van der Waals surface area contributed by atoms with Crippen molar-refractivity contribution in [3.63, 3.8) is 0 Å². The minimum absolute atomic E-state index is 0.312. The van der Waals surface area contributed by atoms with Crippen molar-refractivity contribution >= 4 is 23.9 Å². The number of carbonyl (C=O) groups excluding carboxylic acids is 2. The Morgan fingerprint density at radius 3 is 1.36 bits per heavy atom. The van der Waals surface area contributed by atoms with E-state index in [2.05, 4.69) is 22.6 Å². The quantitative estimate of drug-likeness (QED) is 0.456. The van der Waals surface area contributed by atoms with Crippen LogP contribution < -0.4 is 0 Å². The molecule has 0 aliphatic rings. The molecule has 0 aromatic heterocycles. The third-order valence-corrected chi connectivity index (χ3v) is 2.28. The van der Waals surface area contributed by atoms with Crippen LogP contribution in [0.15, 0.2) is 48.9 Å². The van der Waals surface area contributed by atoms with Gasteiger partial charge in [0.05, 0.1) is 11.1 Å². The van der Waals surface area contributed by atoms with Crippen molar-refractivity contribution in [3.8, 4) is 0 Å². The number of benzene rings is 1. The van der Waals surface area contributed by atoms with Gasteiger partial charge in [0.2, 0.25) is 11.5 Å². The van der Waals surface area contributed by atoms with Crippen LogP contribution in [0.2, 0.25) is 0 Å².